The Kier molecular flexibility index (Phi) is 9.56. The molecule has 0 saturated carbocycles. The molecule has 4 rings (SSSR count). The third-order valence-electron chi connectivity index (χ3n) is 5.20. The average molecular weight is 555 g/mol. The number of furan rings is 1. The first-order valence-corrected chi connectivity index (χ1v) is 11.0. The van der Waals surface area contributed by atoms with E-state index in [2.05, 4.69) is 75.6 Å². The highest BCUT2D eigenvalue weighted by Crippen LogP contribution is 2.25. The second kappa shape index (κ2) is 12.8. The summed E-state index contributed by atoms with van der Waals surface area (Å²) in [4.78, 5) is 8.92. The molecular weight excluding hydrogens is 525 g/mol. The highest BCUT2D eigenvalue weighted by molar-refractivity contribution is 14.0. The number of nitrogens with one attached hydrogen (secondary N) is 2. The van der Waals surface area contributed by atoms with Crippen LogP contribution in [0, 0.1) is 0 Å². The Hall–Kier alpha value is -3.07. The fourth-order valence-electron chi connectivity index (χ4n) is 3.59. The molecule has 0 spiro atoms. The molecule has 0 aliphatic rings. The Morgan fingerprint density at radius 3 is 2.61 bits per heavy atom. The first-order valence-electron chi connectivity index (χ1n) is 11.0. The number of halogens is 1. The van der Waals surface area contributed by atoms with E-state index in [1.54, 1.807) is 12.5 Å². The Balaban J connectivity index is 0.00000306. The maximum Gasteiger partial charge on any atom is 0.191 e. The summed E-state index contributed by atoms with van der Waals surface area (Å²) in [5.74, 6) is 1.78. The second-order valence-corrected chi connectivity index (χ2v) is 7.54. The lowest BCUT2D eigenvalue weighted by Crippen LogP contribution is -2.38. The van der Waals surface area contributed by atoms with Crippen molar-refractivity contribution in [3.63, 3.8) is 0 Å². The van der Waals surface area contributed by atoms with Gasteiger partial charge in [-0.1, -0.05) is 48.5 Å². The number of guanidine groups is 1. The summed E-state index contributed by atoms with van der Waals surface area (Å²) in [6, 6.07) is 21.1. The third kappa shape index (κ3) is 7.21. The highest BCUT2D eigenvalue weighted by Gasteiger charge is 2.06. The minimum Gasteiger partial charge on any atom is -0.469 e. The van der Waals surface area contributed by atoms with Crippen LogP contribution in [0.25, 0.3) is 11.1 Å². The van der Waals surface area contributed by atoms with Crippen molar-refractivity contribution in [3.05, 3.63) is 103 Å². The van der Waals surface area contributed by atoms with Gasteiger partial charge in [-0.15, -0.1) is 24.0 Å². The van der Waals surface area contributed by atoms with Gasteiger partial charge in [-0.05, 0) is 41.3 Å². The lowest BCUT2D eigenvalue weighted by Gasteiger charge is -2.13. The molecule has 6 nitrogen and oxygen atoms in total. The van der Waals surface area contributed by atoms with Gasteiger partial charge in [0.1, 0.15) is 5.76 Å². The van der Waals surface area contributed by atoms with Gasteiger partial charge in [-0.25, -0.2) is 9.98 Å². The topological polar surface area (TPSA) is 67.4 Å². The van der Waals surface area contributed by atoms with Gasteiger partial charge < -0.3 is 19.6 Å². The Morgan fingerprint density at radius 2 is 1.88 bits per heavy atom. The number of aromatic nitrogens is 2. The van der Waals surface area contributed by atoms with Crippen LogP contribution in [0.5, 0.6) is 0 Å². The van der Waals surface area contributed by atoms with E-state index in [0.717, 1.165) is 37.8 Å². The highest BCUT2D eigenvalue weighted by atomic mass is 127. The Bertz CT molecular complexity index is 1110. The second-order valence-electron chi connectivity index (χ2n) is 7.54. The standard InChI is InChI=1S/C26H29N5O.HI/c1-2-28-26(29-14-13-24-7-5-17-32-24)30-18-23-6-3-4-8-25(23)22-11-9-21(10-12-22)19-31-16-15-27-20-31;/h3-12,15-17,20H,2,13-14,18-19H2,1H3,(H2,28,29,30);1H. The zero-order valence-electron chi connectivity index (χ0n) is 18.8. The van der Waals surface area contributed by atoms with Crippen LogP contribution in [0.4, 0.5) is 0 Å². The van der Waals surface area contributed by atoms with Gasteiger partial charge in [0.25, 0.3) is 0 Å². The quantitative estimate of drug-likeness (QED) is 0.171. The van der Waals surface area contributed by atoms with Crippen LogP contribution in [-0.2, 0) is 19.5 Å². The summed E-state index contributed by atoms with van der Waals surface area (Å²) in [6.07, 6.45) is 8.14. The molecule has 7 heteroatoms. The fourth-order valence-corrected chi connectivity index (χ4v) is 3.59. The van der Waals surface area contributed by atoms with E-state index < -0.39 is 0 Å². The smallest absolute Gasteiger partial charge is 0.191 e. The number of hydrogen-bond acceptors (Lipinski definition) is 3. The summed E-state index contributed by atoms with van der Waals surface area (Å²) < 4.78 is 7.47. The number of nitrogens with zero attached hydrogens (tertiary/aromatic N) is 3. The summed E-state index contributed by atoms with van der Waals surface area (Å²) in [6.45, 7) is 5.07. The van der Waals surface area contributed by atoms with Gasteiger partial charge in [-0.2, -0.15) is 0 Å². The minimum absolute atomic E-state index is 0. The molecule has 0 aliphatic carbocycles. The molecule has 172 valence electrons. The van der Waals surface area contributed by atoms with Gasteiger partial charge in [0.2, 0.25) is 0 Å². The van der Waals surface area contributed by atoms with Crippen LogP contribution >= 0.6 is 24.0 Å². The van der Waals surface area contributed by atoms with Crippen molar-refractivity contribution in [2.75, 3.05) is 13.1 Å². The van der Waals surface area contributed by atoms with Gasteiger partial charge in [0.15, 0.2) is 5.96 Å². The zero-order chi connectivity index (χ0) is 22.0. The summed E-state index contributed by atoms with van der Waals surface area (Å²) in [7, 11) is 0. The molecule has 0 bridgehead atoms. The van der Waals surface area contributed by atoms with Crippen molar-refractivity contribution in [2.24, 2.45) is 4.99 Å². The summed E-state index contributed by atoms with van der Waals surface area (Å²) in [5.41, 5.74) is 4.84. The lowest BCUT2D eigenvalue weighted by molar-refractivity contribution is 0.507. The molecule has 0 amide bonds. The first-order chi connectivity index (χ1) is 15.8. The molecule has 0 saturated heterocycles. The van der Waals surface area contributed by atoms with Crippen LogP contribution in [0.3, 0.4) is 0 Å². The van der Waals surface area contributed by atoms with Crippen LogP contribution in [0.2, 0.25) is 0 Å². The summed E-state index contributed by atoms with van der Waals surface area (Å²) >= 11 is 0. The molecule has 0 atom stereocenters. The van der Waals surface area contributed by atoms with Crippen molar-refractivity contribution in [1.82, 2.24) is 20.2 Å². The molecule has 0 unspecified atom stereocenters. The molecule has 0 aliphatic heterocycles. The summed E-state index contributed by atoms with van der Waals surface area (Å²) in [5, 5.41) is 6.71. The fraction of sp³-hybridized carbons (Fsp3) is 0.231. The molecule has 4 aromatic rings. The molecule has 33 heavy (non-hydrogen) atoms. The molecule has 2 heterocycles. The lowest BCUT2D eigenvalue weighted by atomic mass is 9.98. The van der Waals surface area contributed by atoms with E-state index >= 15 is 0 Å². The van der Waals surface area contributed by atoms with E-state index in [4.69, 9.17) is 9.41 Å². The molecule has 2 N–H and O–H groups in total. The van der Waals surface area contributed by atoms with Crippen molar-refractivity contribution < 1.29 is 4.42 Å². The Labute approximate surface area is 212 Å². The van der Waals surface area contributed by atoms with Crippen molar-refractivity contribution in [2.45, 2.75) is 26.4 Å². The van der Waals surface area contributed by atoms with E-state index in [0.29, 0.717) is 6.54 Å². The van der Waals surface area contributed by atoms with Crippen molar-refractivity contribution >= 4 is 29.9 Å². The number of aliphatic imine (C=N–C) groups is 1. The van der Waals surface area contributed by atoms with Crippen molar-refractivity contribution in [1.29, 1.82) is 0 Å². The van der Waals surface area contributed by atoms with Crippen LogP contribution in [0.1, 0.15) is 23.8 Å². The predicted octanol–water partition coefficient (Wildman–Crippen LogP) is 5.11. The monoisotopic (exact) mass is 555 g/mol. The Morgan fingerprint density at radius 1 is 1.03 bits per heavy atom. The number of imidazole rings is 1. The molecule has 2 aromatic carbocycles. The van der Waals surface area contributed by atoms with E-state index in [1.165, 1.54) is 22.3 Å². The molecular formula is C26H30IN5O. The van der Waals surface area contributed by atoms with Crippen LogP contribution in [0.15, 0.2) is 95.1 Å². The molecule has 0 fully saturated rings. The maximum atomic E-state index is 5.40. The molecule has 2 aromatic heterocycles. The largest absolute Gasteiger partial charge is 0.469 e. The minimum atomic E-state index is 0. The van der Waals surface area contributed by atoms with Crippen LogP contribution in [-0.4, -0.2) is 28.6 Å². The number of rotatable bonds is 9. The van der Waals surface area contributed by atoms with Gasteiger partial charge >= 0.3 is 0 Å². The zero-order valence-corrected chi connectivity index (χ0v) is 21.1. The van der Waals surface area contributed by atoms with E-state index in [9.17, 15) is 0 Å². The maximum absolute atomic E-state index is 5.40. The van der Waals surface area contributed by atoms with Crippen LogP contribution < -0.4 is 10.6 Å². The SMILES string of the molecule is CCNC(=NCc1ccccc1-c1ccc(Cn2ccnc2)cc1)NCCc1ccco1.I. The van der Waals surface area contributed by atoms with Gasteiger partial charge in [0.05, 0.1) is 19.1 Å². The van der Waals surface area contributed by atoms with E-state index in [-0.39, 0.29) is 24.0 Å². The van der Waals surface area contributed by atoms with Gasteiger partial charge in [0, 0.05) is 38.4 Å². The third-order valence-corrected chi connectivity index (χ3v) is 5.20. The molecule has 0 radical (unpaired) electrons. The predicted molar refractivity (Wildman–Crippen MR) is 144 cm³/mol. The normalized spacial score (nSPS) is 11.1. The van der Waals surface area contributed by atoms with Gasteiger partial charge in [-0.3, -0.25) is 0 Å². The number of benzene rings is 2. The first kappa shape index (κ1) is 24.6. The number of hydrogen-bond donors (Lipinski definition) is 2. The average Bonchev–Trinajstić information content (AvgIpc) is 3.53. The van der Waals surface area contributed by atoms with Crippen molar-refractivity contribution in [3.8, 4) is 11.1 Å². The van der Waals surface area contributed by atoms with E-state index in [1.807, 2.05) is 24.7 Å².